The Morgan fingerprint density at radius 1 is 1.00 bits per heavy atom. The van der Waals surface area contributed by atoms with Gasteiger partial charge < -0.3 is 19.5 Å². The van der Waals surface area contributed by atoms with Crippen LogP contribution in [0, 0.1) is 0 Å². The summed E-state index contributed by atoms with van der Waals surface area (Å²) in [5.74, 6) is 2.18. The number of nitrogens with one attached hydrogen (secondary N) is 1. The summed E-state index contributed by atoms with van der Waals surface area (Å²) in [4.78, 5) is 48.1. The van der Waals surface area contributed by atoms with Gasteiger partial charge in [0.1, 0.15) is 11.4 Å². The maximum absolute atomic E-state index is 13.7. The zero-order valence-electron chi connectivity index (χ0n) is 24.2. The van der Waals surface area contributed by atoms with E-state index < -0.39 is 0 Å². The monoisotopic (exact) mass is 613 g/mol. The Hall–Kier alpha value is -4.84. The number of rotatable bonds is 12. The van der Waals surface area contributed by atoms with Gasteiger partial charge in [0.25, 0.3) is 11.1 Å². The molecule has 6 rings (SSSR count). The predicted molar refractivity (Wildman–Crippen MR) is 166 cm³/mol. The standard InChI is InChI=1S/C32H31N5O6S/c1-41-23-11-9-21(10-12-23)18-33-29(38)8-3-2-5-14-37-31(40)24-16-26-27(43-20-42-26)17-25(24)35-32(37)44-19-22-15-30(39)36-13-6-4-7-28(36)34-22/h4,6-7,9-13,15-17H,2-3,5,8,14,18-20H2,1H3,(H,33,38). The van der Waals surface area contributed by atoms with Crippen molar-refractivity contribution in [3.63, 3.8) is 0 Å². The van der Waals surface area contributed by atoms with Gasteiger partial charge in [-0.05, 0) is 48.7 Å². The third kappa shape index (κ3) is 6.55. The van der Waals surface area contributed by atoms with E-state index in [1.165, 1.54) is 22.2 Å². The van der Waals surface area contributed by atoms with Gasteiger partial charge in [0.15, 0.2) is 16.7 Å². The molecule has 0 fully saturated rings. The second kappa shape index (κ2) is 13.2. The Balaban J connectivity index is 1.12. The molecule has 1 amide bonds. The lowest BCUT2D eigenvalue weighted by atomic mass is 10.1. The van der Waals surface area contributed by atoms with Crippen LogP contribution in [0.3, 0.4) is 0 Å². The summed E-state index contributed by atoms with van der Waals surface area (Å²) in [7, 11) is 1.62. The fourth-order valence-electron chi connectivity index (χ4n) is 4.98. The van der Waals surface area contributed by atoms with Crippen LogP contribution in [0.15, 0.2) is 81.6 Å². The summed E-state index contributed by atoms with van der Waals surface area (Å²) >= 11 is 1.35. The number of hydrogen-bond acceptors (Lipinski definition) is 9. The van der Waals surface area contributed by atoms with E-state index in [9.17, 15) is 14.4 Å². The number of aromatic nitrogens is 4. The third-order valence-corrected chi connectivity index (χ3v) is 8.33. The predicted octanol–water partition coefficient (Wildman–Crippen LogP) is 4.31. The summed E-state index contributed by atoms with van der Waals surface area (Å²) < 4.78 is 19.3. The number of carbonyl (C=O) groups excluding carboxylic acids is 1. The summed E-state index contributed by atoms with van der Waals surface area (Å²) in [6.45, 7) is 0.983. The van der Waals surface area contributed by atoms with Crippen LogP contribution in [-0.4, -0.2) is 38.7 Å². The van der Waals surface area contributed by atoms with Crippen LogP contribution in [0.2, 0.25) is 0 Å². The van der Waals surface area contributed by atoms with E-state index in [1.54, 1.807) is 42.1 Å². The molecule has 5 aromatic rings. The lowest BCUT2D eigenvalue weighted by Gasteiger charge is -2.14. The minimum atomic E-state index is -0.181. The number of pyridine rings is 1. The lowest BCUT2D eigenvalue weighted by Crippen LogP contribution is -2.24. The zero-order valence-corrected chi connectivity index (χ0v) is 25.0. The SMILES string of the molecule is COc1ccc(CNC(=O)CCCCCn2c(SCc3cc(=O)n4ccccc4n3)nc3cc4c(cc3c2=O)OCO4)cc1. The van der Waals surface area contributed by atoms with E-state index in [4.69, 9.17) is 19.2 Å². The van der Waals surface area contributed by atoms with E-state index >= 15 is 0 Å². The summed E-state index contributed by atoms with van der Waals surface area (Å²) in [6, 6.07) is 17.9. The smallest absolute Gasteiger partial charge is 0.262 e. The largest absolute Gasteiger partial charge is 0.497 e. The van der Waals surface area contributed by atoms with Gasteiger partial charge in [0.05, 0.1) is 23.7 Å². The second-order valence-corrected chi connectivity index (χ2v) is 11.3. The van der Waals surface area contributed by atoms with E-state index in [1.807, 2.05) is 30.3 Å². The van der Waals surface area contributed by atoms with Crippen molar-refractivity contribution >= 4 is 34.2 Å². The molecule has 1 N–H and O–H groups in total. The fourth-order valence-corrected chi connectivity index (χ4v) is 5.90. The Labute approximate surface area is 256 Å². The number of benzene rings is 2. The van der Waals surface area contributed by atoms with Gasteiger partial charge in [-0.1, -0.05) is 36.4 Å². The Morgan fingerprint density at radius 2 is 1.82 bits per heavy atom. The van der Waals surface area contributed by atoms with Crippen molar-refractivity contribution in [2.75, 3.05) is 13.9 Å². The van der Waals surface area contributed by atoms with Crippen molar-refractivity contribution in [3.05, 3.63) is 98.8 Å². The molecule has 0 spiro atoms. The Kier molecular flexibility index (Phi) is 8.78. The molecule has 1 aliphatic heterocycles. The normalized spacial score (nSPS) is 12.1. The molecule has 1 aliphatic rings. The second-order valence-electron chi connectivity index (χ2n) is 10.3. The average Bonchev–Trinajstić information content (AvgIpc) is 3.50. The lowest BCUT2D eigenvalue weighted by molar-refractivity contribution is -0.121. The van der Waals surface area contributed by atoms with Crippen LogP contribution in [0.4, 0.5) is 0 Å². The molecule has 0 saturated heterocycles. The van der Waals surface area contributed by atoms with Crippen molar-refractivity contribution in [1.82, 2.24) is 24.3 Å². The zero-order chi connectivity index (χ0) is 30.5. The Bertz CT molecular complexity index is 1940. The summed E-state index contributed by atoms with van der Waals surface area (Å²) in [6.07, 6.45) is 4.21. The molecule has 0 aliphatic carbocycles. The third-order valence-electron chi connectivity index (χ3n) is 7.32. The van der Waals surface area contributed by atoms with Gasteiger partial charge in [0, 0.05) is 43.6 Å². The maximum Gasteiger partial charge on any atom is 0.262 e. The van der Waals surface area contributed by atoms with Crippen LogP contribution in [0.5, 0.6) is 17.2 Å². The first kappa shape index (κ1) is 29.2. The number of methoxy groups -OCH3 is 1. The molecule has 0 radical (unpaired) electrons. The molecule has 226 valence electrons. The molecule has 0 bridgehead atoms. The molecule has 0 unspecified atom stereocenters. The van der Waals surface area contributed by atoms with Gasteiger partial charge in [-0.3, -0.25) is 23.4 Å². The van der Waals surface area contributed by atoms with Gasteiger partial charge in [-0.2, -0.15) is 0 Å². The van der Waals surface area contributed by atoms with Crippen LogP contribution in [-0.2, 0) is 23.6 Å². The number of ether oxygens (including phenoxy) is 3. The molecular weight excluding hydrogens is 582 g/mol. The van der Waals surface area contributed by atoms with Gasteiger partial charge in [-0.25, -0.2) is 9.97 Å². The fraction of sp³-hybridized carbons (Fsp3) is 0.281. The van der Waals surface area contributed by atoms with Crippen LogP contribution in [0.1, 0.15) is 36.9 Å². The van der Waals surface area contributed by atoms with E-state index in [2.05, 4.69) is 10.3 Å². The van der Waals surface area contributed by atoms with Crippen molar-refractivity contribution in [3.8, 4) is 17.2 Å². The molecular formula is C32H31N5O6S. The highest BCUT2D eigenvalue weighted by Gasteiger charge is 2.19. The van der Waals surface area contributed by atoms with Gasteiger partial charge in [-0.15, -0.1) is 0 Å². The molecule has 4 heterocycles. The minimum absolute atomic E-state index is 0.0172. The molecule has 2 aromatic carbocycles. The van der Waals surface area contributed by atoms with Crippen molar-refractivity contribution < 1.29 is 19.0 Å². The highest BCUT2D eigenvalue weighted by molar-refractivity contribution is 7.98. The van der Waals surface area contributed by atoms with Crippen LogP contribution < -0.4 is 30.6 Å². The number of carbonyl (C=O) groups is 1. The molecule has 11 nitrogen and oxygen atoms in total. The van der Waals surface area contributed by atoms with Crippen molar-refractivity contribution in [2.45, 2.75) is 49.7 Å². The minimum Gasteiger partial charge on any atom is -0.497 e. The first-order valence-electron chi connectivity index (χ1n) is 14.3. The first-order valence-corrected chi connectivity index (χ1v) is 15.3. The number of fused-ring (bicyclic) bond motifs is 3. The summed E-state index contributed by atoms with van der Waals surface area (Å²) in [5, 5.41) is 3.92. The van der Waals surface area contributed by atoms with Gasteiger partial charge in [0.2, 0.25) is 12.7 Å². The first-order chi connectivity index (χ1) is 21.5. The average molecular weight is 614 g/mol. The molecule has 44 heavy (non-hydrogen) atoms. The molecule has 0 saturated carbocycles. The highest BCUT2D eigenvalue weighted by Crippen LogP contribution is 2.35. The topological polar surface area (TPSA) is 126 Å². The highest BCUT2D eigenvalue weighted by atomic mass is 32.2. The number of hydrogen-bond donors (Lipinski definition) is 1. The van der Waals surface area contributed by atoms with Crippen LogP contribution in [0.25, 0.3) is 16.6 Å². The number of amides is 1. The molecule has 3 aromatic heterocycles. The van der Waals surface area contributed by atoms with Gasteiger partial charge >= 0.3 is 0 Å². The van der Waals surface area contributed by atoms with E-state index in [0.717, 1.165) is 17.7 Å². The number of nitrogens with zero attached hydrogens (tertiary/aromatic N) is 4. The number of thioether (sulfide) groups is 1. The maximum atomic E-state index is 13.7. The molecule has 0 atom stereocenters. The quantitative estimate of drug-likeness (QED) is 0.124. The van der Waals surface area contributed by atoms with Crippen LogP contribution >= 0.6 is 11.8 Å². The van der Waals surface area contributed by atoms with E-state index in [-0.39, 0.29) is 23.8 Å². The van der Waals surface area contributed by atoms with E-state index in [0.29, 0.717) is 77.0 Å². The number of unbranched alkanes of at least 4 members (excludes halogenated alkanes) is 2. The van der Waals surface area contributed by atoms with Crippen molar-refractivity contribution in [2.24, 2.45) is 0 Å². The van der Waals surface area contributed by atoms with Crippen molar-refractivity contribution in [1.29, 1.82) is 0 Å². The summed E-state index contributed by atoms with van der Waals surface area (Å²) in [5.41, 5.74) is 2.31. The Morgan fingerprint density at radius 3 is 2.64 bits per heavy atom. The molecule has 12 heteroatoms.